The minimum Gasteiger partial charge on any atom is -0.478 e. The quantitative estimate of drug-likeness (QED) is 0.632. The molecule has 5 rings (SSSR count). The van der Waals surface area contributed by atoms with Crippen LogP contribution in [0.5, 0.6) is 0 Å². The Balaban J connectivity index is 1.61. The number of carboxylic acid groups (broad SMARTS) is 1. The van der Waals surface area contributed by atoms with Gasteiger partial charge in [-0.1, -0.05) is 43.5 Å². The van der Waals surface area contributed by atoms with Gasteiger partial charge in [-0.2, -0.15) is 0 Å². The lowest BCUT2D eigenvalue weighted by Crippen LogP contribution is -2.31. The molecule has 2 N–H and O–H groups in total. The molecule has 3 aromatic rings. The van der Waals surface area contributed by atoms with Gasteiger partial charge in [0, 0.05) is 23.2 Å². The van der Waals surface area contributed by atoms with E-state index in [2.05, 4.69) is 5.32 Å². The number of carbonyl (C=O) groups is 1. The third-order valence-electron chi connectivity index (χ3n) is 7.11. The third-order valence-corrected chi connectivity index (χ3v) is 7.11. The van der Waals surface area contributed by atoms with Gasteiger partial charge in [0.1, 0.15) is 5.82 Å². The monoisotopic (exact) mass is 417 g/mol. The number of benzene rings is 2. The highest BCUT2D eigenvalue weighted by Gasteiger charge is 2.42. The Hall–Kier alpha value is -3.15. The fourth-order valence-electron chi connectivity index (χ4n) is 5.47. The number of aromatic nitrogens is 2. The average molecular weight is 418 g/mol. The van der Waals surface area contributed by atoms with E-state index in [0.717, 1.165) is 42.7 Å². The van der Waals surface area contributed by atoms with Crippen LogP contribution in [0.2, 0.25) is 0 Å². The topological polar surface area (TPSA) is 84.2 Å². The Labute approximate surface area is 180 Å². The van der Waals surface area contributed by atoms with Crippen LogP contribution in [-0.4, -0.2) is 20.6 Å². The van der Waals surface area contributed by atoms with Crippen LogP contribution in [0.1, 0.15) is 73.2 Å². The fourth-order valence-corrected chi connectivity index (χ4v) is 5.47. The molecule has 160 valence electrons. The first-order chi connectivity index (χ1) is 15.0. The van der Waals surface area contributed by atoms with Crippen LogP contribution >= 0.6 is 0 Å². The summed E-state index contributed by atoms with van der Waals surface area (Å²) in [5.41, 5.74) is 2.51. The van der Waals surface area contributed by atoms with E-state index in [-0.39, 0.29) is 22.6 Å². The van der Waals surface area contributed by atoms with Gasteiger partial charge in [-0.25, -0.2) is 9.78 Å². The van der Waals surface area contributed by atoms with Crippen molar-refractivity contribution in [1.29, 1.82) is 0 Å². The largest absolute Gasteiger partial charge is 0.478 e. The first-order valence-corrected chi connectivity index (χ1v) is 11.1. The summed E-state index contributed by atoms with van der Waals surface area (Å²) in [7, 11) is 0. The minimum atomic E-state index is -0.971. The number of carboxylic acids is 1. The van der Waals surface area contributed by atoms with Gasteiger partial charge in [0.05, 0.1) is 22.5 Å². The Morgan fingerprint density at radius 2 is 1.87 bits per heavy atom. The molecule has 6 heteroatoms. The van der Waals surface area contributed by atoms with Gasteiger partial charge in [0.2, 0.25) is 0 Å². The van der Waals surface area contributed by atoms with Crippen LogP contribution < -0.4 is 10.9 Å². The summed E-state index contributed by atoms with van der Waals surface area (Å²) in [4.78, 5) is 30.1. The molecule has 1 aliphatic carbocycles. The van der Waals surface area contributed by atoms with E-state index in [4.69, 9.17) is 4.98 Å². The van der Waals surface area contributed by atoms with Crippen LogP contribution in [0.3, 0.4) is 0 Å². The predicted molar refractivity (Wildman–Crippen MR) is 121 cm³/mol. The maximum Gasteiger partial charge on any atom is 0.337 e. The molecule has 1 aromatic heterocycles. The van der Waals surface area contributed by atoms with E-state index in [1.54, 1.807) is 18.2 Å². The number of hydrogen-bond donors (Lipinski definition) is 2. The van der Waals surface area contributed by atoms with Crippen LogP contribution in [0.15, 0.2) is 47.3 Å². The summed E-state index contributed by atoms with van der Waals surface area (Å²) in [5.74, 6) is -0.0167. The average Bonchev–Trinajstić information content (AvgIpc) is 3.12. The van der Waals surface area contributed by atoms with Gasteiger partial charge < -0.3 is 10.4 Å². The van der Waals surface area contributed by atoms with Crippen LogP contribution in [0.4, 0.5) is 5.69 Å². The summed E-state index contributed by atoms with van der Waals surface area (Å²) in [6, 6.07) is 12.4. The lowest BCUT2D eigenvalue weighted by Gasteiger charge is -2.32. The molecule has 2 aromatic carbocycles. The number of nitrogens with one attached hydrogen (secondary N) is 1. The van der Waals surface area contributed by atoms with E-state index in [0.29, 0.717) is 11.1 Å². The van der Waals surface area contributed by atoms with Crippen molar-refractivity contribution < 1.29 is 9.90 Å². The van der Waals surface area contributed by atoms with Crippen molar-refractivity contribution in [2.45, 2.75) is 63.5 Å². The van der Waals surface area contributed by atoms with E-state index >= 15 is 0 Å². The molecule has 1 atom stereocenters. The van der Waals surface area contributed by atoms with Gasteiger partial charge in [-0.05, 0) is 44.4 Å². The highest BCUT2D eigenvalue weighted by molar-refractivity contribution is 5.94. The second kappa shape index (κ2) is 7.52. The highest BCUT2D eigenvalue weighted by Crippen LogP contribution is 2.45. The van der Waals surface area contributed by atoms with Crippen molar-refractivity contribution in [2.75, 3.05) is 5.32 Å². The van der Waals surface area contributed by atoms with Crippen molar-refractivity contribution in [1.82, 2.24) is 9.55 Å². The number of para-hydroxylation sites is 2. The predicted octanol–water partition coefficient (Wildman–Crippen LogP) is 4.87. The van der Waals surface area contributed by atoms with Crippen molar-refractivity contribution in [3.8, 4) is 0 Å². The molecule has 2 heterocycles. The SMILES string of the molecule is CC(Nc1ccccc1C(=O)O)c1cccc2c(=O)n3c(nc12)C1(CCCCC1)CC3. The van der Waals surface area contributed by atoms with Gasteiger partial charge in [0.25, 0.3) is 5.56 Å². The molecule has 1 unspecified atom stereocenters. The summed E-state index contributed by atoms with van der Waals surface area (Å²) in [6.45, 7) is 2.73. The zero-order chi connectivity index (χ0) is 21.6. The van der Waals surface area contributed by atoms with E-state index in [9.17, 15) is 14.7 Å². The van der Waals surface area contributed by atoms with Crippen LogP contribution in [0.25, 0.3) is 10.9 Å². The zero-order valence-corrected chi connectivity index (χ0v) is 17.7. The zero-order valence-electron chi connectivity index (χ0n) is 17.7. The maximum atomic E-state index is 13.3. The smallest absolute Gasteiger partial charge is 0.337 e. The summed E-state index contributed by atoms with van der Waals surface area (Å²) >= 11 is 0. The molecular weight excluding hydrogens is 390 g/mol. The summed E-state index contributed by atoms with van der Waals surface area (Å²) < 4.78 is 1.90. The van der Waals surface area contributed by atoms with E-state index < -0.39 is 5.97 Å². The molecule has 1 aliphatic heterocycles. The molecule has 1 spiro atoms. The Kier molecular flexibility index (Phi) is 4.80. The van der Waals surface area contributed by atoms with Crippen molar-refractivity contribution in [3.63, 3.8) is 0 Å². The molecule has 0 bridgehead atoms. The molecular formula is C25H27N3O3. The molecule has 6 nitrogen and oxygen atoms in total. The van der Waals surface area contributed by atoms with Crippen molar-refractivity contribution >= 4 is 22.6 Å². The summed E-state index contributed by atoms with van der Waals surface area (Å²) in [6.07, 6.45) is 6.86. The highest BCUT2D eigenvalue weighted by atomic mass is 16.4. The maximum absolute atomic E-state index is 13.3. The second-order valence-electron chi connectivity index (χ2n) is 8.94. The Morgan fingerprint density at radius 1 is 1.10 bits per heavy atom. The van der Waals surface area contributed by atoms with E-state index in [1.165, 1.54) is 19.3 Å². The number of nitrogens with zero attached hydrogens (tertiary/aromatic N) is 2. The molecule has 0 saturated heterocycles. The number of anilines is 1. The van der Waals surface area contributed by atoms with Gasteiger partial charge >= 0.3 is 5.97 Å². The Bertz CT molecular complexity index is 1220. The second-order valence-corrected chi connectivity index (χ2v) is 8.94. The van der Waals surface area contributed by atoms with Gasteiger partial charge in [0.15, 0.2) is 0 Å². The first-order valence-electron chi connectivity index (χ1n) is 11.1. The third kappa shape index (κ3) is 3.21. The lowest BCUT2D eigenvalue weighted by atomic mass is 9.72. The fraction of sp³-hybridized carbons (Fsp3) is 0.400. The van der Waals surface area contributed by atoms with Gasteiger partial charge in [-0.3, -0.25) is 9.36 Å². The van der Waals surface area contributed by atoms with Crippen molar-refractivity contribution in [2.24, 2.45) is 0 Å². The minimum absolute atomic E-state index is 0.0330. The number of fused-ring (bicyclic) bond motifs is 3. The van der Waals surface area contributed by atoms with Crippen LogP contribution in [0, 0.1) is 0 Å². The first kappa shape index (κ1) is 19.8. The van der Waals surface area contributed by atoms with Gasteiger partial charge in [-0.15, -0.1) is 0 Å². The van der Waals surface area contributed by atoms with Crippen LogP contribution in [-0.2, 0) is 12.0 Å². The van der Waals surface area contributed by atoms with E-state index in [1.807, 2.05) is 35.8 Å². The molecule has 1 fully saturated rings. The molecule has 0 amide bonds. The molecule has 0 radical (unpaired) electrons. The normalized spacial score (nSPS) is 18.1. The standard InChI is InChI=1S/C25H27N3O3/c1-16(26-20-11-4-3-8-18(20)23(30)31)17-9-7-10-19-21(17)27-24-25(12-5-2-6-13-25)14-15-28(24)22(19)29/h3-4,7-11,16,26H,2,5-6,12-15H2,1H3,(H,30,31). The molecule has 1 saturated carbocycles. The summed E-state index contributed by atoms with van der Waals surface area (Å²) in [5, 5.41) is 13.5. The lowest BCUT2D eigenvalue weighted by molar-refractivity contribution is 0.0698. The molecule has 2 aliphatic rings. The molecule has 31 heavy (non-hydrogen) atoms. The number of aromatic carboxylic acids is 1. The number of hydrogen-bond acceptors (Lipinski definition) is 4. The number of rotatable bonds is 4. The van der Waals surface area contributed by atoms with Crippen molar-refractivity contribution in [3.05, 3.63) is 69.8 Å². The Morgan fingerprint density at radius 3 is 2.65 bits per heavy atom.